The zero-order valence-electron chi connectivity index (χ0n) is 20.0. The van der Waals surface area contributed by atoms with Crippen molar-refractivity contribution in [2.45, 2.75) is 18.8 Å². The summed E-state index contributed by atoms with van der Waals surface area (Å²) in [5, 5.41) is 5.39. The zero-order valence-corrected chi connectivity index (χ0v) is 20.8. The number of aromatic nitrogens is 1. The summed E-state index contributed by atoms with van der Waals surface area (Å²) in [5.41, 5.74) is 1.17. The Balaban J connectivity index is 1.42. The smallest absolute Gasteiger partial charge is 0.337 e. The highest BCUT2D eigenvalue weighted by Crippen LogP contribution is 2.30. The lowest BCUT2D eigenvalue weighted by atomic mass is 9.97. The molecule has 0 saturated carbocycles. The molecule has 35 heavy (non-hydrogen) atoms. The van der Waals surface area contributed by atoms with Gasteiger partial charge in [-0.2, -0.15) is 0 Å². The van der Waals surface area contributed by atoms with Crippen molar-refractivity contribution in [3.05, 3.63) is 45.9 Å². The number of benzene rings is 1. The number of nitrogens with zero attached hydrogens (tertiary/aromatic N) is 2. The lowest BCUT2D eigenvalue weighted by Crippen LogP contribution is -2.40. The molecule has 1 saturated heterocycles. The zero-order chi connectivity index (χ0) is 25.0. The predicted octanol–water partition coefficient (Wildman–Crippen LogP) is 2.57. The Morgan fingerprint density at radius 3 is 2.57 bits per heavy atom. The van der Waals surface area contributed by atoms with E-state index in [0.29, 0.717) is 56.5 Å². The highest BCUT2D eigenvalue weighted by atomic mass is 32.1. The summed E-state index contributed by atoms with van der Waals surface area (Å²) in [6.07, 6.45) is 1.56. The fourth-order valence-corrected chi connectivity index (χ4v) is 4.58. The molecule has 0 bridgehead atoms. The number of nitrogens with one attached hydrogen (secondary N) is 1. The van der Waals surface area contributed by atoms with Gasteiger partial charge in [-0.25, -0.2) is 9.78 Å². The predicted molar refractivity (Wildman–Crippen MR) is 130 cm³/mol. The molecular formula is C24H31N3O7S. The number of hydrogen-bond donors (Lipinski definition) is 1. The fourth-order valence-electron chi connectivity index (χ4n) is 3.61. The van der Waals surface area contributed by atoms with Crippen LogP contribution in [0.1, 0.15) is 44.6 Å². The van der Waals surface area contributed by atoms with E-state index in [0.717, 1.165) is 17.8 Å². The molecule has 3 rings (SSSR count). The van der Waals surface area contributed by atoms with E-state index in [1.165, 1.54) is 18.4 Å². The molecule has 190 valence electrons. The molecule has 1 aliphatic heterocycles. The van der Waals surface area contributed by atoms with Crippen molar-refractivity contribution < 1.29 is 33.3 Å². The molecule has 0 atom stereocenters. The third-order valence-electron chi connectivity index (χ3n) is 5.52. The minimum absolute atomic E-state index is 0.0336. The first-order valence-electron chi connectivity index (χ1n) is 11.4. The molecule has 1 N–H and O–H groups in total. The monoisotopic (exact) mass is 505 g/mol. The lowest BCUT2D eigenvalue weighted by Gasteiger charge is -2.31. The van der Waals surface area contributed by atoms with Crippen molar-refractivity contribution in [2.24, 2.45) is 0 Å². The third kappa shape index (κ3) is 8.10. The van der Waals surface area contributed by atoms with E-state index >= 15 is 0 Å². The minimum atomic E-state index is -0.472. The van der Waals surface area contributed by atoms with Gasteiger partial charge in [0.15, 0.2) is 0 Å². The summed E-state index contributed by atoms with van der Waals surface area (Å²) in [5.74, 6) is -0.650. The summed E-state index contributed by atoms with van der Waals surface area (Å²) in [4.78, 5) is 43.0. The molecule has 2 heterocycles. The average Bonchev–Trinajstić information content (AvgIpc) is 3.38. The molecule has 0 aliphatic carbocycles. The van der Waals surface area contributed by atoms with E-state index in [1.54, 1.807) is 41.7 Å². The second kappa shape index (κ2) is 13.9. The van der Waals surface area contributed by atoms with Crippen molar-refractivity contribution >= 4 is 34.8 Å². The number of carbonyl (C=O) groups excluding carboxylic acids is 3. The van der Waals surface area contributed by atoms with Gasteiger partial charge in [0.2, 0.25) is 5.91 Å². The molecule has 0 radical (unpaired) electrons. The van der Waals surface area contributed by atoms with Crippen LogP contribution in [0.15, 0.2) is 29.6 Å². The van der Waals surface area contributed by atoms with Crippen molar-refractivity contribution in [1.82, 2.24) is 9.88 Å². The summed E-state index contributed by atoms with van der Waals surface area (Å²) in [6.45, 7) is 3.11. The largest absolute Gasteiger partial charge is 0.465 e. The molecule has 1 aromatic heterocycles. The van der Waals surface area contributed by atoms with Gasteiger partial charge < -0.3 is 29.2 Å². The normalized spacial score (nSPS) is 14.1. The van der Waals surface area contributed by atoms with Crippen molar-refractivity contribution in [3.8, 4) is 0 Å². The van der Waals surface area contributed by atoms with Gasteiger partial charge in [-0.05, 0) is 31.0 Å². The Kier molecular flexibility index (Phi) is 10.6. The maximum absolute atomic E-state index is 12.6. The van der Waals surface area contributed by atoms with E-state index in [1.807, 2.05) is 0 Å². The lowest BCUT2D eigenvalue weighted by molar-refractivity contribution is -0.137. The van der Waals surface area contributed by atoms with Crippen LogP contribution in [-0.4, -0.2) is 88.0 Å². The third-order valence-corrected chi connectivity index (χ3v) is 6.53. The molecular weight excluding hydrogens is 474 g/mol. The molecule has 2 aromatic rings. The number of carbonyl (C=O) groups is 3. The quantitative estimate of drug-likeness (QED) is 0.346. The highest BCUT2D eigenvalue weighted by molar-refractivity contribution is 7.10. The van der Waals surface area contributed by atoms with Gasteiger partial charge in [-0.3, -0.25) is 9.59 Å². The maximum atomic E-state index is 12.6. The van der Waals surface area contributed by atoms with Gasteiger partial charge in [-0.15, -0.1) is 11.3 Å². The van der Waals surface area contributed by atoms with Gasteiger partial charge in [-0.1, -0.05) is 6.07 Å². The van der Waals surface area contributed by atoms with Crippen LogP contribution < -0.4 is 5.32 Å². The Morgan fingerprint density at radius 2 is 1.83 bits per heavy atom. The van der Waals surface area contributed by atoms with Crippen molar-refractivity contribution in [3.63, 3.8) is 0 Å². The summed E-state index contributed by atoms with van der Waals surface area (Å²) in [6, 6.07) is 6.54. The Morgan fingerprint density at radius 1 is 1.09 bits per heavy atom. The minimum Gasteiger partial charge on any atom is -0.465 e. The molecule has 1 aliphatic rings. The number of hydrogen-bond acceptors (Lipinski definition) is 9. The van der Waals surface area contributed by atoms with Crippen LogP contribution in [-0.2, 0) is 23.7 Å². The standard InChI is InChI=1S/C24H31N3O7S/c1-31-10-11-33-12-13-34-15-21(28)27-8-6-17(7-9-27)23-26-20(16-35-23)22(29)25-19-5-3-4-18(14-19)24(30)32-2/h3-5,14,16-17H,6-13,15H2,1-2H3,(H,25,29). The topological polar surface area (TPSA) is 116 Å². The fraction of sp³-hybridized carbons (Fsp3) is 0.500. The van der Waals surface area contributed by atoms with Crippen LogP contribution in [0.4, 0.5) is 5.69 Å². The summed E-state index contributed by atoms with van der Waals surface area (Å²) < 4.78 is 20.3. The number of piperidine rings is 1. The number of ether oxygens (including phenoxy) is 4. The van der Waals surface area contributed by atoms with Gasteiger partial charge in [0, 0.05) is 37.2 Å². The number of amides is 2. The molecule has 1 fully saturated rings. The number of methoxy groups -OCH3 is 2. The molecule has 0 spiro atoms. The first-order chi connectivity index (χ1) is 17.0. The second-order valence-corrected chi connectivity index (χ2v) is 8.80. The maximum Gasteiger partial charge on any atom is 0.337 e. The van der Waals surface area contributed by atoms with Crippen molar-refractivity contribution in [2.75, 3.05) is 65.7 Å². The van der Waals surface area contributed by atoms with E-state index in [9.17, 15) is 14.4 Å². The first-order valence-corrected chi connectivity index (χ1v) is 12.3. The van der Waals surface area contributed by atoms with Crippen LogP contribution in [0.2, 0.25) is 0 Å². The number of thiazole rings is 1. The van der Waals surface area contributed by atoms with Gasteiger partial charge >= 0.3 is 5.97 Å². The van der Waals surface area contributed by atoms with E-state index in [4.69, 9.17) is 18.9 Å². The van der Waals surface area contributed by atoms with Gasteiger partial charge in [0.1, 0.15) is 12.3 Å². The van der Waals surface area contributed by atoms with Gasteiger partial charge in [0.25, 0.3) is 5.91 Å². The first kappa shape index (κ1) is 26.7. The Hall–Kier alpha value is -2.86. The average molecular weight is 506 g/mol. The van der Waals surface area contributed by atoms with Crippen LogP contribution in [0.3, 0.4) is 0 Å². The molecule has 11 heteroatoms. The van der Waals surface area contributed by atoms with Crippen LogP contribution >= 0.6 is 11.3 Å². The van der Waals surface area contributed by atoms with Crippen LogP contribution in [0.25, 0.3) is 0 Å². The van der Waals surface area contributed by atoms with E-state index in [-0.39, 0.29) is 24.3 Å². The number of likely N-dealkylation sites (tertiary alicyclic amines) is 1. The second-order valence-electron chi connectivity index (χ2n) is 7.91. The Bertz CT molecular complexity index is 989. The highest BCUT2D eigenvalue weighted by Gasteiger charge is 2.26. The van der Waals surface area contributed by atoms with Crippen LogP contribution in [0.5, 0.6) is 0 Å². The Labute approximate surface area is 208 Å². The SMILES string of the molecule is COCCOCCOCC(=O)N1CCC(c2nc(C(=O)Nc3cccc(C(=O)OC)c3)cs2)CC1. The molecule has 10 nitrogen and oxygen atoms in total. The molecule has 0 unspecified atom stereocenters. The van der Waals surface area contributed by atoms with E-state index in [2.05, 4.69) is 10.3 Å². The van der Waals surface area contributed by atoms with Gasteiger partial charge in [0.05, 0.1) is 44.1 Å². The molecule has 2 amide bonds. The number of rotatable bonds is 12. The number of esters is 1. The van der Waals surface area contributed by atoms with Crippen molar-refractivity contribution in [1.29, 1.82) is 0 Å². The summed E-state index contributed by atoms with van der Waals surface area (Å²) >= 11 is 1.44. The molecule has 1 aromatic carbocycles. The van der Waals surface area contributed by atoms with Crippen LogP contribution in [0, 0.1) is 0 Å². The van der Waals surface area contributed by atoms with E-state index < -0.39 is 5.97 Å². The summed E-state index contributed by atoms with van der Waals surface area (Å²) in [7, 11) is 2.92. The number of anilines is 1.